The molecule has 4 nitrogen and oxygen atoms in total. The molecule has 0 aliphatic carbocycles. The highest BCUT2D eigenvalue weighted by molar-refractivity contribution is 5.25. The highest BCUT2D eigenvalue weighted by atomic mass is 15.1. The first-order chi connectivity index (χ1) is 7.63. The molecule has 0 saturated heterocycles. The van der Waals surface area contributed by atoms with Gasteiger partial charge < -0.3 is 10.2 Å². The Morgan fingerprint density at radius 1 is 1.56 bits per heavy atom. The molecule has 1 heterocycles. The molecule has 1 rings (SSSR count). The zero-order chi connectivity index (χ0) is 12.0. The van der Waals surface area contributed by atoms with E-state index in [2.05, 4.69) is 36.2 Å². The van der Waals surface area contributed by atoms with Gasteiger partial charge in [0.25, 0.3) is 0 Å². The molecule has 0 aliphatic rings. The molecule has 1 N–H and O–H groups in total. The number of likely N-dealkylation sites (N-methyl/N-ethyl adjacent to an activating group) is 1. The molecule has 1 unspecified atom stereocenters. The lowest BCUT2D eigenvalue weighted by molar-refractivity contribution is 0.302. The second kappa shape index (κ2) is 6.21. The van der Waals surface area contributed by atoms with Gasteiger partial charge in [-0.05, 0) is 38.7 Å². The van der Waals surface area contributed by atoms with Crippen molar-refractivity contribution in [3.8, 4) is 6.07 Å². The molecule has 0 fully saturated rings. The van der Waals surface area contributed by atoms with E-state index in [1.54, 1.807) is 6.20 Å². The highest BCUT2D eigenvalue weighted by Gasteiger charge is 2.03. The van der Waals surface area contributed by atoms with Crippen molar-refractivity contribution < 1.29 is 0 Å². The Kier molecular flexibility index (Phi) is 4.90. The number of aromatic nitrogens is 1. The lowest BCUT2D eigenvalue weighted by Gasteiger charge is -2.20. The summed E-state index contributed by atoms with van der Waals surface area (Å²) in [6.07, 6.45) is 1.67. The molecule has 0 spiro atoms. The Labute approximate surface area is 96.9 Å². The van der Waals surface area contributed by atoms with Gasteiger partial charge in [0.1, 0.15) is 11.8 Å². The van der Waals surface area contributed by atoms with E-state index in [1.807, 2.05) is 18.2 Å². The molecule has 0 amide bonds. The number of hydrogen-bond donors (Lipinski definition) is 1. The molecule has 1 aromatic heterocycles. The van der Waals surface area contributed by atoms with Crippen LogP contribution in [0, 0.1) is 11.3 Å². The molecule has 0 radical (unpaired) electrons. The van der Waals surface area contributed by atoms with Crippen LogP contribution >= 0.6 is 0 Å². The Morgan fingerprint density at radius 2 is 2.31 bits per heavy atom. The van der Waals surface area contributed by atoms with Gasteiger partial charge in [-0.2, -0.15) is 5.26 Å². The summed E-state index contributed by atoms with van der Waals surface area (Å²) >= 11 is 0. The molecule has 16 heavy (non-hydrogen) atoms. The normalized spacial score (nSPS) is 12.4. The third-order valence-electron chi connectivity index (χ3n) is 2.59. The minimum absolute atomic E-state index is 0.472. The van der Waals surface area contributed by atoms with Crippen LogP contribution in [-0.4, -0.2) is 36.6 Å². The SMILES string of the molecule is CC(CNCc1ccnc(C#N)c1)N(C)C. The smallest absolute Gasteiger partial charge is 0.140 e. The van der Waals surface area contributed by atoms with E-state index in [4.69, 9.17) is 5.26 Å². The van der Waals surface area contributed by atoms with Gasteiger partial charge in [-0.25, -0.2) is 4.98 Å². The Hall–Kier alpha value is -1.44. The molecule has 0 aliphatic heterocycles. The summed E-state index contributed by atoms with van der Waals surface area (Å²) in [4.78, 5) is 6.10. The van der Waals surface area contributed by atoms with Crippen LogP contribution in [0.2, 0.25) is 0 Å². The van der Waals surface area contributed by atoms with Crippen molar-refractivity contribution in [1.29, 1.82) is 5.26 Å². The number of nitrogens with one attached hydrogen (secondary N) is 1. The van der Waals surface area contributed by atoms with Crippen molar-refractivity contribution in [3.63, 3.8) is 0 Å². The lowest BCUT2D eigenvalue weighted by atomic mass is 10.2. The third kappa shape index (κ3) is 3.97. The fourth-order valence-electron chi connectivity index (χ4n) is 1.25. The molecule has 1 aromatic rings. The monoisotopic (exact) mass is 218 g/mol. The first kappa shape index (κ1) is 12.6. The maximum atomic E-state index is 8.71. The van der Waals surface area contributed by atoms with Crippen molar-refractivity contribution >= 4 is 0 Å². The predicted octanol–water partition coefficient (Wildman–Crippen LogP) is 0.993. The first-order valence-electron chi connectivity index (χ1n) is 5.35. The largest absolute Gasteiger partial charge is 0.311 e. The van der Waals surface area contributed by atoms with Crippen LogP contribution in [0.15, 0.2) is 18.3 Å². The Balaban J connectivity index is 2.40. The lowest BCUT2D eigenvalue weighted by Crippen LogP contribution is -2.35. The van der Waals surface area contributed by atoms with Crippen molar-refractivity contribution in [2.75, 3.05) is 20.6 Å². The quantitative estimate of drug-likeness (QED) is 0.801. The fraction of sp³-hybridized carbons (Fsp3) is 0.500. The molecule has 0 saturated carbocycles. The molecule has 86 valence electrons. The van der Waals surface area contributed by atoms with Crippen LogP contribution in [0.3, 0.4) is 0 Å². The Bertz CT molecular complexity index is 368. The van der Waals surface area contributed by atoms with Crippen LogP contribution in [0.4, 0.5) is 0 Å². The van der Waals surface area contributed by atoms with Crippen LogP contribution in [-0.2, 0) is 6.54 Å². The summed E-state index contributed by atoms with van der Waals surface area (Å²) in [5, 5.41) is 12.1. The zero-order valence-corrected chi connectivity index (χ0v) is 10.1. The van der Waals surface area contributed by atoms with E-state index >= 15 is 0 Å². The number of rotatable bonds is 5. The van der Waals surface area contributed by atoms with E-state index in [-0.39, 0.29) is 0 Å². The maximum absolute atomic E-state index is 8.71. The van der Waals surface area contributed by atoms with E-state index in [9.17, 15) is 0 Å². The van der Waals surface area contributed by atoms with Crippen molar-refractivity contribution in [2.45, 2.75) is 19.5 Å². The topological polar surface area (TPSA) is 52.0 Å². The van der Waals surface area contributed by atoms with Crippen LogP contribution in [0.1, 0.15) is 18.2 Å². The van der Waals surface area contributed by atoms with Crippen molar-refractivity contribution in [3.05, 3.63) is 29.6 Å². The highest BCUT2D eigenvalue weighted by Crippen LogP contribution is 2.00. The molecule has 0 bridgehead atoms. The van der Waals surface area contributed by atoms with Crippen molar-refractivity contribution in [1.82, 2.24) is 15.2 Å². The molecule has 4 heteroatoms. The summed E-state index contributed by atoms with van der Waals surface area (Å²) in [6.45, 7) is 3.87. The van der Waals surface area contributed by atoms with Gasteiger partial charge in [-0.15, -0.1) is 0 Å². The van der Waals surface area contributed by atoms with Crippen LogP contribution < -0.4 is 5.32 Å². The maximum Gasteiger partial charge on any atom is 0.140 e. The fourth-order valence-corrected chi connectivity index (χ4v) is 1.25. The minimum atomic E-state index is 0.472. The summed E-state index contributed by atoms with van der Waals surface area (Å²) in [5.74, 6) is 0. The number of nitrogens with zero attached hydrogens (tertiary/aromatic N) is 3. The van der Waals surface area contributed by atoms with Crippen LogP contribution in [0.25, 0.3) is 0 Å². The molecular weight excluding hydrogens is 200 g/mol. The van der Waals surface area contributed by atoms with Gasteiger partial charge >= 0.3 is 0 Å². The van der Waals surface area contributed by atoms with Gasteiger partial charge in [0.05, 0.1) is 0 Å². The summed E-state index contributed by atoms with van der Waals surface area (Å²) in [7, 11) is 4.12. The average molecular weight is 218 g/mol. The van der Waals surface area contributed by atoms with Gasteiger partial charge in [-0.3, -0.25) is 0 Å². The van der Waals surface area contributed by atoms with Gasteiger partial charge in [0.15, 0.2) is 0 Å². The van der Waals surface area contributed by atoms with Gasteiger partial charge in [0.2, 0.25) is 0 Å². The van der Waals surface area contributed by atoms with Crippen molar-refractivity contribution in [2.24, 2.45) is 0 Å². The minimum Gasteiger partial charge on any atom is -0.311 e. The number of hydrogen-bond acceptors (Lipinski definition) is 4. The van der Waals surface area contributed by atoms with E-state index in [0.717, 1.165) is 18.7 Å². The number of nitriles is 1. The third-order valence-corrected chi connectivity index (χ3v) is 2.59. The van der Waals surface area contributed by atoms with Gasteiger partial charge in [-0.1, -0.05) is 0 Å². The van der Waals surface area contributed by atoms with E-state index < -0.39 is 0 Å². The second-order valence-electron chi connectivity index (χ2n) is 4.10. The van der Waals surface area contributed by atoms with Gasteiger partial charge in [0, 0.05) is 25.3 Å². The standard InChI is InChI=1S/C12H18N4/c1-10(16(2)3)8-14-9-11-4-5-15-12(6-11)7-13/h4-6,10,14H,8-9H2,1-3H3. The van der Waals surface area contributed by atoms with Crippen LogP contribution in [0.5, 0.6) is 0 Å². The average Bonchev–Trinajstić information content (AvgIpc) is 2.29. The van der Waals surface area contributed by atoms with E-state index in [0.29, 0.717) is 11.7 Å². The molecular formula is C12H18N4. The molecule has 1 atom stereocenters. The first-order valence-corrected chi connectivity index (χ1v) is 5.35. The van der Waals surface area contributed by atoms with E-state index in [1.165, 1.54) is 0 Å². The summed E-state index contributed by atoms with van der Waals surface area (Å²) < 4.78 is 0. The predicted molar refractivity (Wildman–Crippen MR) is 63.8 cm³/mol. The summed E-state index contributed by atoms with van der Waals surface area (Å²) in [6, 6.07) is 6.27. The second-order valence-corrected chi connectivity index (χ2v) is 4.10. The summed E-state index contributed by atoms with van der Waals surface area (Å²) in [5.41, 5.74) is 1.57. The number of pyridine rings is 1. The zero-order valence-electron chi connectivity index (χ0n) is 10.1. The molecule has 0 aromatic carbocycles. The Morgan fingerprint density at radius 3 is 2.94 bits per heavy atom.